The minimum Gasteiger partial charge on any atom is -0.481 e. The molecule has 0 aliphatic carbocycles. The lowest BCUT2D eigenvalue weighted by Gasteiger charge is -2.22. The van der Waals surface area contributed by atoms with Gasteiger partial charge in [0.05, 0.1) is 0 Å². The molecule has 0 bridgehead atoms. The highest BCUT2D eigenvalue weighted by Gasteiger charge is 2.14. The topological polar surface area (TPSA) is 149 Å². The van der Waals surface area contributed by atoms with Gasteiger partial charge in [-0.1, -0.05) is 108 Å². The van der Waals surface area contributed by atoms with E-state index in [-0.39, 0.29) is 25.7 Å². The minimum absolute atomic E-state index is 0.249. The molecule has 1 unspecified atom stereocenters. The Bertz CT molecular complexity index is 776. The normalized spacial score (nSPS) is 12.3. The van der Waals surface area contributed by atoms with Gasteiger partial charge in [-0.3, -0.25) is 19.2 Å². The van der Waals surface area contributed by atoms with Gasteiger partial charge in [-0.15, -0.1) is 0 Å². The van der Waals surface area contributed by atoms with Crippen LogP contribution in [0.25, 0.3) is 0 Å². The van der Waals surface area contributed by atoms with Gasteiger partial charge >= 0.3 is 23.9 Å². The smallest absolute Gasteiger partial charge is 0.303 e. The highest BCUT2D eigenvalue weighted by molar-refractivity contribution is 5.67. The number of carboxylic acid groups (broad SMARTS) is 4. The van der Waals surface area contributed by atoms with Gasteiger partial charge in [0.1, 0.15) is 0 Å². The second kappa shape index (κ2) is 30.6. The second-order valence-corrected chi connectivity index (χ2v) is 12.6. The van der Waals surface area contributed by atoms with Crippen LogP contribution in [-0.2, 0) is 19.2 Å². The molecule has 0 radical (unpaired) electrons. The largest absolute Gasteiger partial charge is 0.481 e. The highest BCUT2D eigenvalue weighted by Crippen LogP contribution is 2.30. The Labute approximate surface area is 267 Å². The third-order valence-corrected chi connectivity index (χ3v) is 8.52. The summed E-state index contributed by atoms with van der Waals surface area (Å²) in [5, 5.41) is 35.4. The Morgan fingerprint density at radius 3 is 0.977 bits per heavy atom. The van der Waals surface area contributed by atoms with E-state index in [1.54, 1.807) is 5.57 Å². The van der Waals surface area contributed by atoms with Gasteiger partial charge in [0.15, 0.2) is 0 Å². The number of allylic oxidation sites excluding steroid dienone is 2. The predicted octanol–water partition coefficient (Wildman–Crippen LogP) is 10.2. The zero-order valence-corrected chi connectivity index (χ0v) is 27.6. The van der Waals surface area contributed by atoms with Crippen LogP contribution in [0, 0.1) is 5.92 Å². The Hall–Kier alpha value is -2.38. The van der Waals surface area contributed by atoms with Gasteiger partial charge in [-0.2, -0.15) is 0 Å². The van der Waals surface area contributed by atoms with E-state index in [0.29, 0.717) is 5.92 Å². The standard InChI is InChI=1S/C36H64O8/c37-33(38)27-19-11-3-1-7-15-23-31(25-17-9-5-13-21-29-35(41)42)32(26-18-10-6-14-22-30-36(43)44)24-16-8-2-4-12-20-28-34(39)40/h23,32H,1-22,24-30H2,(H,37,38)(H,39,40)(H,41,42)(H,43,44). The number of aliphatic carboxylic acids is 4. The van der Waals surface area contributed by atoms with E-state index >= 15 is 0 Å². The summed E-state index contributed by atoms with van der Waals surface area (Å²) in [6.45, 7) is 0. The van der Waals surface area contributed by atoms with E-state index in [2.05, 4.69) is 6.08 Å². The monoisotopic (exact) mass is 624 g/mol. The molecule has 0 amide bonds. The molecule has 4 N–H and O–H groups in total. The van der Waals surface area contributed by atoms with Crippen LogP contribution in [-0.4, -0.2) is 44.3 Å². The summed E-state index contributed by atoms with van der Waals surface area (Å²) in [7, 11) is 0. The fourth-order valence-electron chi connectivity index (χ4n) is 5.93. The van der Waals surface area contributed by atoms with Crippen molar-refractivity contribution in [2.75, 3.05) is 0 Å². The van der Waals surface area contributed by atoms with Crippen LogP contribution in [0.4, 0.5) is 0 Å². The number of unbranched alkanes of at least 4 members (excludes halogenated alkanes) is 18. The zero-order chi connectivity index (χ0) is 32.7. The molecule has 0 saturated carbocycles. The number of carbonyl (C=O) groups is 4. The quantitative estimate of drug-likeness (QED) is 0.0408. The minimum atomic E-state index is -0.720. The van der Waals surface area contributed by atoms with Crippen LogP contribution in [0.3, 0.4) is 0 Å². The van der Waals surface area contributed by atoms with Crippen LogP contribution < -0.4 is 0 Å². The van der Waals surface area contributed by atoms with E-state index in [9.17, 15) is 19.2 Å². The maximum Gasteiger partial charge on any atom is 0.303 e. The first-order chi connectivity index (χ1) is 21.2. The van der Waals surface area contributed by atoms with E-state index in [0.717, 1.165) is 141 Å². The third-order valence-electron chi connectivity index (χ3n) is 8.52. The van der Waals surface area contributed by atoms with E-state index in [1.165, 1.54) is 19.3 Å². The number of carboxylic acids is 4. The summed E-state index contributed by atoms with van der Waals surface area (Å²) >= 11 is 0. The number of hydrogen-bond donors (Lipinski definition) is 4. The molecule has 0 rings (SSSR count). The molecular formula is C36H64O8. The fraction of sp³-hybridized carbons (Fsp3) is 0.833. The maximum absolute atomic E-state index is 10.8. The van der Waals surface area contributed by atoms with Crippen molar-refractivity contribution < 1.29 is 39.6 Å². The lowest BCUT2D eigenvalue weighted by molar-refractivity contribution is -0.138. The van der Waals surface area contributed by atoms with Gasteiger partial charge in [0, 0.05) is 25.7 Å². The third kappa shape index (κ3) is 31.1. The van der Waals surface area contributed by atoms with E-state index < -0.39 is 23.9 Å². The number of rotatable bonds is 34. The van der Waals surface area contributed by atoms with Crippen LogP contribution in [0.15, 0.2) is 11.6 Å². The average molecular weight is 625 g/mol. The Morgan fingerprint density at radius 1 is 0.364 bits per heavy atom. The predicted molar refractivity (Wildman–Crippen MR) is 176 cm³/mol. The van der Waals surface area contributed by atoms with Crippen molar-refractivity contribution in [3.05, 3.63) is 11.6 Å². The van der Waals surface area contributed by atoms with E-state index in [4.69, 9.17) is 20.4 Å². The fourth-order valence-corrected chi connectivity index (χ4v) is 5.93. The Morgan fingerprint density at radius 2 is 0.636 bits per heavy atom. The summed E-state index contributed by atoms with van der Waals surface area (Å²) in [5.74, 6) is -2.31. The first-order valence-corrected chi connectivity index (χ1v) is 17.8. The molecule has 0 aliphatic heterocycles. The van der Waals surface area contributed by atoms with Crippen LogP contribution in [0.5, 0.6) is 0 Å². The molecule has 8 nitrogen and oxygen atoms in total. The molecule has 0 spiro atoms. The summed E-state index contributed by atoms with van der Waals surface area (Å²) in [5.41, 5.74) is 1.58. The van der Waals surface area contributed by atoms with Gasteiger partial charge in [-0.25, -0.2) is 0 Å². The molecule has 0 aromatic carbocycles. The lowest BCUT2D eigenvalue weighted by Crippen LogP contribution is -2.06. The number of hydrogen-bond acceptors (Lipinski definition) is 4. The van der Waals surface area contributed by atoms with Crippen molar-refractivity contribution >= 4 is 23.9 Å². The molecule has 0 heterocycles. The maximum atomic E-state index is 10.8. The van der Waals surface area contributed by atoms with Crippen LogP contribution >= 0.6 is 0 Å². The lowest BCUT2D eigenvalue weighted by atomic mass is 9.84. The molecule has 0 saturated heterocycles. The van der Waals surface area contributed by atoms with Crippen molar-refractivity contribution in [3.8, 4) is 0 Å². The molecule has 0 fully saturated rings. The SMILES string of the molecule is O=C(O)CCCCCCCC=C(CCCCCCCC(=O)O)C(CCCCCCCCC(=O)O)CCCCCCCC(=O)O. The zero-order valence-electron chi connectivity index (χ0n) is 27.6. The van der Waals surface area contributed by atoms with Crippen molar-refractivity contribution in [3.63, 3.8) is 0 Å². The molecule has 0 aromatic rings. The van der Waals surface area contributed by atoms with Crippen molar-refractivity contribution in [1.82, 2.24) is 0 Å². The molecule has 0 aliphatic rings. The second-order valence-electron chi connectivity index (χ2n) is 12.6. The van der Waals surface area contributed by atoms with Crippen molar-refractivity contribution in [1.29, 1.82) is 0 Å². The van der Waals surface area contributed by atoms with E-state index in [1.807, 2.05) is 0 Å². The summed E-state index contributed by atoms with van der Waals surface area (Å²) < 4.78 is 0. The first kappa shape index (κ1) is 41.6. The van der Waals surface area contributed by atoms with Crippen LogP contribution in [0.1, 0.15) is 186 Å². The summed E-state index contributed by atoms with van der Waals surface area (Å²) in [6.07, 6.45) is 29.5. The molecule has 256 valence electrons. The molecular weight excluding hydrogens is 560 g/mol. The van der Waals surface area contributed by atoms with Gasteiger partial charge in [0.2, 0.25) is 0 Å². The molecule has 1 atom stereocenters. The first-order valence-electron chi connectivity index (χ1n) is 17.8. The Kier molecular flexibility index (Phi) is 29.0. The summed E-state index contributed by atoms with van der Waals surface area (Å²) in [6, 6.07) is 0. The summed E-state index contributed by atoms with van der Waals surface area (Å²) in [4.78, 5) is 43.0. The highest BCUT2D eigenvalue weighted by atomic mass is 16.4. The average Bonchev–Trinajstić information content (AvgIpc) is 2.96. The molecule has 8 heteroatoms. The van der Waals surface area contributed by atoms with Gasteiger partial charge in [-0.05, 0) is 70.1 Å². The van der Waals surface area contributed by atoms with Crippen molar-refractivity contribution in [2.45, 2.75) is 186 Å². The van der Waals surface area contributed by atoms with Crippen LogP contribution in [0.2, 0.25) is 0 Å². The molecule has 44 heavy (non-hydrogen) atoms. The van der Waals surface area contributed by atoms with Gasteiger partial charge < -0.3 is 20.4 Å². The Balaban J connectivity index is 4.98. The van der Waals surface area contributed by atoms with Gasteiger partial charge in [0.25, 0.3) is 0 Å². The molecule has 0 aromatic heterocycles. The van der Waals surface area contributed by atoms with Crippen molar-refractivity contribution in [2.24, 2.45) is 5.92 Å².